The van der Waals surface area contributed by atoms with Crippen LogP contribution < -0.4 is 0 Å². The van der Waals surface area contributed by atoms with Crippen LogP contribution in [0, 0.1) is 57.7 Å². The summed E-state index contributed by atoms with van der Waals surface area (Å²) in [5.74, 6) is 6.39. The van der Waals surface area contributed by atoms with Gasteiger partial charge >= 0.3 is 0 Å². The van der Waals surface area contributed by atoms with Crippen molar-refractivity contribution in [3.05, 3.63) is 11.6 Å². The standard InChI is InChI=1S/C30H50O/c1-19(2)30(18-21(30)4)16-11-20(3)25-9-10-26-24-8-7-22-17-23(31)12-14-28(22,5)27(24)13-15-29(25,26)6/h7,19-21,23-27,31H,8-18H2,1-6H3/t20-,21-,23+,24+,25-,26+,27+,28+,29-,30+/m1/s1. The second-order valence-electron chi connectivity index (χ2n) is 13.9. The third-order valence-corrected chi connectivity index (χ3v) is 12.6. The van der Waals surface area contributed by atoms with E-state index < -0.39 is 0 Å². The predicted octanol–water partition coefficient (Wildman–Crippen LogP) is 8.02. The van der Waals surface area contributed by atoms with Crippen LogP contribution in [0.4, 0.5) is 0 Å². The molecule has 1 nitrogen and oxygen atoms in total. The first kappa shape index (κ1) is 22.5. The first-order chi connectivity index (χ1) is 14.6. The van der Waals surface area contributed by atoms with Crippen molar-refractivity contribution in [2.75, 3.05) is 0 Å². The molecule has 0 unspecified atom stereocenters. The lowest BCUT2D eigenvalue weighted by atomic mass is 9.47. The number of rotatable bonds is 5. The molecule has 0 aliphatic heterocycles. The first-order valence-corrected chi connectivity index (χ1v) is 14.0. The van der Waals surface area contributed by atoms with E-state index in [9.17, 15) is 5.11 Å². The Bertz CT molecular complexity index is 722. The topological polar surface area (TPSA) is 20.2 Å². The van der Waals surface area contributed by atoms with Crippen LogP contribution in [-0.2, 0) is 0 Å². The Morgan fingerprint density at radius 2 is 1.77 bits per heavy atom. The number of aliphatic hydroxyl groups excluding tert-OH is 1. The maximum absolute atomic E-state index is 10.3. The lowest BCUT2D eigenvalue weighted by Gasteiger charge is -2.58. The second kappa shape index (κ2) is 7.61. The highest BCUT2D eigenvalue weighted by molar-refractivity contribution is 5.25. The van der Waals surface area contributed by atoms with E-state index in [1.807, 2.05) is 0 Å². The van der Waals surface area contributed by atoms with Gasteiger partial charge in [0, 0.05) is 0 Å². The van der Waals surface area contributed by atoms with Crippen LogP contribution in [0.25, 0.3) is 0 Å². The Hall–Kier alpha value is -0.300. The monoisotopic (exact) mass is 426 g/mol. The Morgan fingerprint density at radius 3 is 2.45 bits per heavy atom. The zero-order chi connectivity index (χ0) is 22.2. The van der Waals surface area contributed by atoms with Crippen molar-refractivity contribution in [3.8, 4) is 0 Å². The summed E-state index contributed by atoms with van der Waals surface area (Å²) in [6.07, 6.45) is 17.3. The van der Waals surface area contributed by atoms with E-state index in [1.54, 1.807) is 5.57 Å². The van der Waals surface area contributed by atoms with E-state index in [-0.39, 0.29) is 6.10 Å². The van der Waals surface area contributed by atoms with Crippen molar-refractivity contribution >= 4 is 0 Å². The zero-order valence-electron chi connectivity index (χ0n) is 21.4. The van der Waals surface area contributed by atoms with Crippen molar-refractivity contribution in [3.63, 3.8) is 0 Å². The molecule has 0 bridgehead atoms. The molecule has 1 heteroatoms. The van der Waals surface area contributed by atoms with Gasteiger partial charge in [0.15, 0.2) is 0 Å². The van der Waals surface area contributed by atoms with Crippen molar-refractivity contribution in [2.45, 2.75) is 118 Å². The normalized spacial score (nSPS) is 52.2. The van der Waals surface area contributed by atoms with Crippen LogP contribution >= 0.6 is 0 Å². The van der Waals surface area contributed by atoms with Gasteiger partial charge in [-0.1, -0.05) is 53.2 Å². The molecule has 0 heterocycles. The van der Waals surface area contributed by atoms with Crippen LogP contribution in [0.15, 0.2) is 11.6 Å². The fourth-order valence-corrected chi connectivity index (χ4v) is 10.3. The summed E-state index contributed by atoms with van der Waals surface area (Å²) in [5, 5.41) is 10.3. The fraction of sp³-hybridized carbons (Fsp3) is 0.933. The highest BCUT2D eigenvalue weighted by atomic mass is 16.3. The van der Waals surface area contributed by atoms with E-state index in [1.165, 1.54) is 57.8 Å². The Labute approximate surface area is 192 Å². The van der Waals surface area contributed by atoms with E-state index >= 15 is 0 Å². The van der Waals surface area contributed by atoms with Crippen molar-refractivity contribution in [1.29, 1.82) is 0 Å². The number of fused-ring (bicyclic) bond motifs is 5. The van der Waals surface area contributed by atoms with Crippen molar-refractivity contribution in [2.24, 2.45) is 57.7 Å². The average molecular weight is 427 g/mol. The molecule has 0 aromatic carbocycles. The van der Waals surface area contributed by atoms with E-state index in [0.717, 1.165) is 54.3 Å². The number of hydrogen-bond acceptors (Lipinski definition) is 1. The first-order valence-electron chi connectivity index (χ1n) is 14.0. The number of allylic oxidation sites excluding steroid dienone is 1. The van der Waals surface area contributed by atoms with Crippen LogP contribution in [0.1, 0.15) is 112 Å². The van der Waals surface area contributed by atoms with Crippen molar-refractivity contribution in [1.82, 2.24) is 0 Å². The quantitative estimate of drug-likeness (QED) is 0.441. The van der Waals surface area contributed by atoms with Gasteiger partial charge in [-0.3, -0.25) is 0 Å². The van der Waals surface area contributed by atoms with Gasteiger partial charge in [-0.2, -0.15) is 0 Å². The summed E-state index contributed by atoms with van der Waals surface area (Å²) in [4.78, 5) is 0. The molecule has 0 radical (unpaired) electrons. The van der Waals surface area contributed by atoms with Crippen LogP contribution in [0.2, 0.25) is 0 Å². The van der Waals surface area contributed by atoms with Crippen molar-refractivity contribution < 1.29 is 5.11 Å². The molecule has 5 rings (SSSR count). The third kappa shape index (κ3) is 3.33. The molecule has 0 saturated heterocycles. The second-order valence-corrected chi connectivity index (χ2v) is 13.9. The molecule has 4 fully saturated rings. The Balaban J connectivity index is 1.30. The molecule has 176 valence electrons. The summed E-state index contributed by atoms with van der Waals surface area (Å²) in [7, 11) is 0. The average Bonchev–Trinajstić information content (AvgIpc) is 3.25. The number of aliphatic hydroxyl groups is 1. The SMILES string of the molecule is CC(C)[C@]1(CC[C@@H](C)[C@H]2CC[C@H]3[C@@H]4CC=C5C[C@@H](O)CC[C@]5(C)[C@H]4CC[C@]23C)C[C@H]1C. The molecule has 5 aliphatic carbocycles. The summed E-state index contributed by atoms with van der Waals surface area (Å²) < 4.78 is 0. The summed E-state index contributed by atoms with van der Waals surface area (Å²) in [6, 6.07) is 0. The molecule has 1 N–H and O–H groups in total. The highest BCUT2D eigenvalue weighted by Gasteiger charge is 2.59. The molecule has 0 amide bonds. The Kier molecular flexibility index (Phi) is 5.52. The predicted molar refractivity (Wildman–Crippen MR) is 131 cm³/mol. The maximum Gasteiger partial charge on any atom is 0.0577 e. The van der Waals surface area contributed by atoms with Gasteiger partial charge in [0.2, 0.25) is 0 Å². The van der Waals surface area contributed by atoms with Crippen LogP contribution in [-0.4, -0.2) is 11.2 Å². The molecule has 0 aromatic rings. The van der Waals surface area contributed by atoms with Gasteiger partial charge in [-0.05, 0) is 128 Å². The van der Waals surface area contributed by atoms with Crippen LogP contribution in [0.5, 0.6) is 0 Å². The molecule has 0 spiro atoms. The van der Waals surface area contributed by atoms with Gasteiger partial charge in [-0.25, -0.2) is 0 Å². The molecular formula is C30H50O. The van der Waals surface area contributed by atoms with Crippen LogP contribution in [0.3, 0.4) is 0 Å². The molecule has 4 saturated carbocycles. The Morgan fingerprint density at radius 1 is 1.03 bits per heavy atom. The largest absolute Gasteiger partial charge is 0.393 e. The summed E-state index contributed by atoms with van der Waals surface area (Å²) >= 11 is 0. The van der Waals surface area contributed by atoms with Gasteiger partial charge in [0.25, 0.3) is 0 Å². The summed E-state index contributed by atoms with van der Waals surface area (Å²) in [6.45, 7) is 15.3. The van der Waals surface area contributed by atoms with E-state index in [2.05, 4.69) is 47.6 Å². The molecular weight excluding hydrogens is 376 g/mol. The van der Waals surface area contributed by atoms with Gasteiger partial charge in [-0.15, -0.1) is 0 Å². The minimum atomic E-state index is -0.0789. The minimum Gasteiger partial charge on any atom is -0.393 e. The molecule has 0 aromatic heterocycles. The minimum absolute atomic E-state index is 0.0789. The summed E-state index contributed by atoms with van der Waals surface area (Å²) in [5.41, 5.74) is 3.27. The molecule has 10 atom stereocenters. The lowest BCUT2D eigenvalue weighted by Crippen LogP contribution is -2.50. The molecule has 5 aliphatic rings. The molecule has 31 heavy (non-hydrogen) atoms. The smallest absolute Gasteiger partial charge is 0.0577 e. The lowest BCUT2D eigenvalue weighted by molar-refractivity contribution is -0.0576. The maximum atomic E-state index is 10.3. The van der Waals surface area contributed by atoms with Gasteiger partial charge < -0.3 is 5.11 Å². The highest BCUT2D eigenvalue weighted by Crippen LogP contribution is 2.68. The van der Waals surface area contributed by atoms with Gasteiger partial charge in [0.1, 0.15) is 0 Å². The number of hydrogen-bond donors (Lipinski definition) is 1. The van der Waals surface area contributed by atoms with E-state index in [4.69, 9.17) is 0 Å². The zero-order valence-corrected chi connectivity index (χ0v) is 21.4. The van der Waals surface area contributed by atoms with E-state index in [0.29, 0.717) is 16.2 Å². The van der Waals surface area contributed by atoms with Gasteiger partial charge in [0.05, 0.1) is 6.10 Å². The third-order valence-electron chi connectivity index (χ3n) is 12.6. The fourth-order valence-electron chi connectivity index (χ4n) is 10.3.